The fourth-order valence-corrected chi connectivity index (χ4v) is 4.65. The third-order valence-electron chi connectivity index (χ3n) is 6.26. The standard InChI is InChI=1S/C20H25F3N4O2/c21-20(22,23)14-6-7-17(24-12-14)26-9-3-8-25(10-11-26)13-27-18(28)15-4-1-2-5-16(15)19(27)29/h6-7,12,15-16H,1-5,8-11,13H2/t15-,16-/m1/s1. The molecule has 0 bridgehead atoms. The number of aromatic nitrogens is 1. The number of likely N-dealkylation sites (tertiary alicyclic amines) is 1. The van der Waals surface area contributed by atoms with Crippen molar-refractivity contribution in [3.8, 4) is 0 Å². The fourth-order valence-electron chi connectivity index (χ4n) is 4.65. The maximum atomic E-state index is 12.7. The molecular formula is C20H25F3N4O2. The largest absolute Gasteiger partial charge is 0.417 e. The first-order chi connectivity index (χ1) is 13.8. The third-order valence-corrected chi connectivity index (χ3v) is 6.26. The highest BCUT2D eigenvalue weighted by Crippen LogP contribution is 2.38. The Hall–Kier alpha value is -2.16. The number of carbonyl (C=O) groups is 2. The average Bonchev–Trinajstić information content (AvgIpc) is 2.87. The van der Waals surface area contributed by atoms with Crippen LogP contribution in [-0.4, -0.2) is 59.4 Å². The number of rotatable bonds is 3. The minimum Gasteiger partial charge on any atom is -0.355 e. The molecule has 0 N–H and O–H groups in total. The Morgan fingerprint density at radius 3 is 2.21 bits per heavy atom. The van der Waals surface area contributed by atoms with Crippen LogP contribution in [0.1, 0.15) is 37.7 Å². The first kappa shape index (κ1) is 20.1. The van der Waals surface area contributed by atoms with Crippen molar-refractivity contribution in [2.24, 2.45) is 11.8 Å². The van der Waals surface area contributed by atoms with Crippen molar-refractivity contribution >= 4 is 17.6 Å². The van der Waals surface area contributed by atoms with Crippen LogP contribution in [0.25, 0.3) is 0 Å². The number of imide groups is 1. The molecule has 4 rings (SSSR count). The van der Waals surface area contributed by atoms with Crippen molar-refractivity contribution in [2.45, 2.75) is 38.3 Å². The Bertz CT molecular complexity index is 744. The molecule has 9 heteroatoms. The smallest absolute Gasteiger partial charge is 0.355 e. The second-order valence-electron chi connectivity index (χ2n) is 8.10. The Labute approximate surface area is 167 Å². The Balaban J connectivity index is 1.37. The van der Waals surface area contributed by atoms with E-state index in [0.717, 1.165) is 50.9 Å². The minimum atomic E-state index is -4.40. The first-order valence-electron chi connectivity index (χ1n) is 10.2. The summed E-state index contributed by atoms with van der Waals surface area (Å²) in [6.07, 6.45) is 0.873. The summed E-state index contributed by atoms with van der Waals surface area (Å²) in [5.74, 6) is 0.154. The number of fused-ring (bicyclic) bond motifs is 1. The molecular weight excluding hydrogens is 385 g/mol. The number of halogens is 3. The molecule has 3 heterocycles. The number of anilines is 1. The molecule has 2 aliphatic heterocycles. The van der Waals surface area contributed by atoms with Gasteiger partial charge >= 0.3 is 6.18 Å². The van der Waals surface area contributed by atoms with Gasteiger partial charge in [-0.1, -0.05) is 12.8 Å². The summed E-state index contributed by atoms with van der Waals surface area (Å²) in [6.45, 7) is 2.90. The van der Waals surface area contributed by atoms with Gasteiger partial charge < -0.3 is 4.90 Å². The lowest BCUT2D eigenvalue weighted by Crippen LogP contribution is -2.43. The zero-order valence-corrected chi connectivity index (χ0v) is 16.2. The van der Waals surface area contributed by atoms with Crippen molar-refractivity contribution < 1.29 is 22.8 Å². The van der Waals surface area contributed by atoms with Gasteiger partial charge in [-0.2, -0.15) is 13.2 Å². The second-order valence-corrected chi connectivity index (χ2v) is 8.10. The van der Waals surface area contributed by atoms with Gasteiger partial charge in [0.1, 0.15) is 5.82 Å². The average molecular weight is 410 g/mol. The molecule has 0 radical (unpaired) electrons. The van der Waals surface area contributed by atoms with Crippen LogP contribution in [0.2, 0.25) is 0 Å². The topological polar surface area (TPSA) is 56.8 Å². The van der Waals surface area contributed by atoms with Crippen LogP contribution in [-0.2, 0) is 15.8 Å². The number of hydrogen-bond donors (Lipinski definition) is 0. The summed E-state index contributed by atoms with van der Waals surface area (Å²) in [6, 6.07) is 2.45. The zero-order valence-electron chi connectivity index (χ0n) is 16.2. The molecule has 1 aromatic heterocycles. The fraction of sp³-hybridized carbons (Fsp3) is 0.650. The first-order valence-corrected chi connectivity index (χ1v) is 10.2. The number of amides is 2. The molecule has 2 amide bonds. The molecule has 1 saturated carbocycles. The van der Waals surface area contributed by atoms with Gasteiger partial charge in [-0.3, -0.25) is 19.4 Å². The molecule has 158 valence electrons. The molecule has 6 nitrogen and oxygen atoms in total. The highest BCUT2D eigenvalue weighted by molar-refractivity contribution is 6.05. The Morgan fingerprint density at radius 1 is 0.931 bits per heavy atom. The predicted octanol–water partition coefficient (Wildman–Crippen LogP) is 2.75. The van der Waals surface area contributed by atoms with E-state index in [0.29, 0.717) is 32.1 Å². The van der Waals surface area contributed by atoms with E-state index in [9.17, 15) is 22.8 Å². The van der Waals surface area contributed by atoms with E-state index in [1.54, 1.807) is 0 Å². The van der Waals surface area contributed by atoms with Gasteiger partial charge in [0.05, 0.1) is 24.1 Å². The molecule has 1 aromatic rings. The van der Waals surface area contributed by atoms with Gasteiger partial charge in [-0.05, 0) is 31.4 Å². The van der Waals surface area contributed by atoms with Crippen LogP contribution in [0.15, 0.2) is 18.3 Å². The number of pyridine rings is 1. The Kier molecular flexibility index (Phi) is 5.50. The molecule has 2 atom stereocenters. The van der Waals surface area contributed by atoms with Gasteiger partial charge in [-0.25, -0.2) is 4.98 Å². The van der Waals surface area contributed by atoms with E-state index in [1.807, 2.05) is 4.90 Å². The van der Waals surface area contributed by atoms with Crippen molar-refractivity contribution in [3.05, 3.63) is 23.9 Å². The van der Waals surface area contributed by atoms with E-state index >= 15 is 0 Å². The summed E-state index contributed by atoms with van der Waals surface area (Å²) >= 11 is 0. The van der Waals surface area contributed by atoms with Crippen LogP contribution in [0.5, 0.6) is 0 Å². The van der Waals surface area contributed by atoms with Gasteiger partial charge in [0, 0.05) is 32.4 Å². The molecule has 3 fully saturated rings. The zero-order chi connectivity index (χ0) is 20.6. The molecule has 1 aliphatic carbocycles. The highest BCUT2D eigenvalue weighted by atomic mass is 19.4. The lowest BCUT2D eigenvalue weighted by Gasteiger charge is -2.26. The summed E-state index contributed by atoms with van der Waals surface area (Å²) in [7, 11) is 0. The third kappa shape index (κ3) is 4.10. The molecule has 0 aromatic carbocycles. The minimum absolute atomic E-state index is 0.0368. The van der Waals surface area contributed by atoms with Crippen molar-refractivity contribution in [3.63, 3.8) is 0 Å². The van der Waals surface area contributed by atoms with E-state index in [2.05, 4.69) is 9.88 Å². The van der Waals surface area contributed by atoms with Gasteiger partial charge in [0.25, 0.3) is 0 Å². The molecule has 29 heavy (non-hydrogen) atoms. The normalized spacial score (nSPS) is 26.6. The summed E-state index contributed by atoms with van der Waals surface area (Å²) in [5.41, 5.74) is -0.759. The monoisotopic (exact) mass is 410 g/mol. The van der Waals surface area contributed by atoms with Gasteiger partial charge in [-0.15, -0.1) is 0 Å². The number of nitrogens with zero attached hydrogens (tertiary/aromatic N) is 4. The van der Waals surface area contributed by atoms with E-state index in [1.165, 1.54) is 11.0 Å². The van der Waals surface area contributed by atoms with Crippen LogP contribution < -0.4 is 4.90 Å². The summed E-state index contributed by atoms with van der Waals surface area (Å²) < 4.78 is 38.2. The summed E-state index contributed by atoms with van der Waals surface area (Å²) in [4.78, 5) is 34.8. The highest BCUT2D eigenvalue weighted by Gasteiger charge is 2.48. The molecule has 3 aliphatic rings. The number of carbonyl (C=O) groups excluding carboxylic acids is 2. The van der Waals surface area contributed by atoms with E-state index in [4.69, 9.17) is 0 Å². The van der Waals surface area contributed by atoms with Crippen LogP contribution >= 0.6 is 0 Å². The summed E-state index contributed by atoms with van der Waals surface area (Å²) in [5, 5.41) is 0. The molecule has 0 spiro atoms. The van der Waals surface area contributed by atoms with Crippen molar-refractivity contribution in [1.82, 2.24) is 14.8 Å². The SMILES string of the molecule is O=C1[C@@H]2CCCC[C@H]2C(=O)N1CN1CCCN(c2ccc(C(F)(F)F)cn2)CC1. The lowest BCUT2D eigenvalue weighted by molar-refractivity contribution is -0.142. The lowest BCUT2D eigenvalue weighted by atomic mass is 9.81. The van der Waals surface area contributed by atoms with Crippen molar-refractivity contribution in [2.75, 3.05) is 37.7 Å². The van der Waals surface area contributed by atoms with Gasteiger partial charge in [0.15, 0.2) is 0 Å². The van der Waals surface area contributed by atoms with Crippen LogP contribution in [0, 0.1) is 11.8 Å². The van der Waals surface area contributed by atoms with Crippen LogP contribution in [0.3, 0.4) is 0 Å². The van der Waals surface area contributed by atoms with Gasteiger partial charge in [0.2, 0.25) is 11.8 Å². The molecule has 2 saturated heterocycles. The Morgan fingerprint density at radius 2 is 1.62 bits per heavy atom. The quantitative estimate of drug-likeness (QED) is 0.718. The molecule has 0 unspecified atom stereocenters. The predicted molar refractivity (Wildman–Crippen MR) is 99.8 cm³/mol. The maximum Gasteiger partial charge on any atom is 0.417 e. The van der Waals surface area contributed by atoms with Crippen molar-refractivity contribution in [1.29, 1.82) is 0 Å². The van der Waals surface area contributed by atoms with E-state index < -0.39 is 11.7 Å². The number of alkyl halides is 3. The van der Waals surface area contributed by atoms with Crippen LogP contribution in [0.4, 0.5) is 19.0 Å². The van der Waals surface area contributed by atoms with E-state index in [-0.39, 0.29) is 23.7 Å². The second kappa shape index (κ2) is 7.93. The maximum absolute atomic E-state index is 12.7. The number of hydrogen-bond acceptors (Lipinski definition) is 5.